The van der Waals surface area contributed by atoms with Crippen molar-refractivity contribution in [3.63, 3.8) is 0 Å². The van der Waals surface area contributed by atoms with E-state index >= 15 is 0 Å². The minimum Gasteiger partial charge on any atom is -0.325 e. The molecule has 0 radical (unpaired) electrons. The Balaban J connectivity index is 1.74. The van der Waals surface area contributed by atoms with Crippen LogP contribution in [0.4, 0.5) is 24.5 Å². The van der Waals surface area contributed by atoms with Gasteiger partial charge in [-0.2, -0.15) is 18.3 Å². The average molecular weight is 435 g/mol. The number of nitrogens with zero attached hydrogens (tertiary/aromatic N) is 2. The third kappa shape index (κ3) is 5.60. The van der Waals surface area contributed by atoms with Crippen molar-refractivity contribution in [2.75, 3.05) is 10.6 Å². The summed E-state index contributed by atoms with van der Waals surface area (Å²) >= 11 is 1.43. The Morgan fingerprint density at radius 3 is 2.40 bits per heavy atom. The van der Waals surface area contributed by atoms with Gasteiger partial charge < -0.3 is 10.6 Å². The number of amides is 2. The van der Waals surface area contributed by atoms with E-state index < -0.39 is 23.6 Å². The molecule has 0 aliphatic heterocycles. The number of benzene rings is 2. The predicted octanol–water partition coefficient (Wildman–Crippen LogP) is 4.33. The van der Waals surface area contributed by atoms with E-state index in [0.717, 1.165) is 23.8 Å². The van der Waals surface area contributed by atoms with Gasteiger partial charge in [-0.25, -0.2) is 4.98 Å². The molecule has 0 aliphatic rings. The van der Waals surface area contributed by atoms with Gasteiger partial charge in [-0.1, -0.05) is 23.9 Å². The van der Waals surface area contributed by atoms with Crippen LogP contribution in [-0.4, -0.2) is 27.0 Å². The number of hydrogen-bond donors (Lipinski definition) is 3. The first-order valence-corrected chi connectivity index (χ1v) is 9.58. The molecule has 0 saturated heterocycles. The third-order valence-electron chi connectivity index (χ3n) is 3.89. The Morgan fingerprint density at radius 2 is 1.80 bits per heavy atom. The van der Waals surface area contributed by atoms with Crippen molar-refractivity contribution in [1.29, 1.82) is 0 Å². The maximum atomic E-state index is 13.0. The molecule has 1 heterocycles. The van der Waals surface area contributed by atoms with E-state index in [0.29, 0.717) is 10.9 Å². The number of halogens is 3. The summed E-state index contributed by atoms with van der Waals surface area (Å²) in [5.74, 6) is -0.480. The highest BCUT2D eigenvalue weighted by Crippen LogP contribution is 2.34. The van der Waals surface area contributed by atoms with Gasteiger partial charge in [-0.3, -0.25) is 14.7 Å². The molecule has 0 atom stereocenters. The van der Waals surface area contributed by atoms with E-state index in [2.05, 4.69) is 25.8 Å². The zero-order chi connectivity index (χ0) is 21.7. The van der Waals surface area contributed by atoms with E-state index in [1.807, 2.05) is 0 Å². The van der Waals surface area contributed by atoms with Crippen LogP contribution in [0.3, 0.4) is 0 Å². The van der Waals surface area contributed by atoms with Crippen molar-refractivity contribution < 1.29 is 22.8 Å². The molecule has 3 rings (SSSR count). The number of thioether (sulfide) groups is 1. The zero-order valence-corrected chi connectivity index (χ0v) is 16.4. The second-order valence-corrected chi connectivity index (χ2v) is 7.13. The molecule has 0 fully saturated rings. The van der Waals surface area contributed by atoms with E-state index in [4.69, 9.17) is 0 Å². The molecule has 0 bridgehead atoms. The SMILES string of the molecule is CC(=O)Nc1ccc(C(F)(F)F)cc1NC(=O)c1ccc(CSc2ncn[nH]2)cc1. The minimum absolute atomic E-state index is 0.0731. The lowest BCUT2D eigenvalue weighted by Crippen LogP contribution is -2.16. The van der Waals surface area contributed by atoms with Crippen molar-refractivity contribution in [3.05, 3.63) is 65.5 Å². The Labute approximate surface area is 173 Å². The molecule has 0 unspecified atom stereocenters. The Kier molecular flexibility index (Phi) is 6.40. The van der Waals surface area contributed by atoms with Crippen LogP contribution >= 0.6 is 11.8 Å². The number of carbonyl (C=O) groups excluding carboxylic acids is 2. The van der Waals surface area contributed by atoms with Crippen LogP contribution < -0.4 is 10.6 Å². The fraction of sp³-hybridized carbons (Fsp3) is 0.158. The Morgan fingerprint density at radius 1 is 1.07 bits per heavy atom. The molecule has 2 aromatic carbocycles. The summed E-state index contributed by atoms with van der Waals surface area (Å²) in [5.41, 5.74) is 0.172. The molecule has 1 aromatic heterocycles. The van der Waals surface area contributed by atoms with Gasteiger partial charge in [0.05, 0.1) is 16.9 Å². The fourth-order valence-corrected chi connectivity index (χ4v) is 3.22. The summed E-state index contributed by atoms with van der Waals surface area (Å²) in [7, 11) is 0. The minimum atomic E-state index is -4.59. The third-order valence-corrected chi connectivity index (χ3v) is 4.84. The van der Waals surface area contributed by atoms with Crippen molar-refractivity contribution in [2.24, 2.45) is 0 Å². The molecular weight excluding hydrogens is 419 g/mol. The first kappa shape index (κ1) is 21.4. The number of nitrogens with one attached hydrogen (secondary N) is 3. The normalized spacial score (nSPS) is 11.2. The molecule has 0 aliphatic carbocycles. The summed E-state index contributed by atoms with van der Waals surface area (Å²) in [4.78, 5) is 27.9. The highest BCUT2D eigenvalue weighted by Gasteiger charge is 2.31. The number of aromatic nitrogens is 3. The number of hydrogen-bond acceptors (Lipinski definition) is 5. The fourth-order valence-electron chi connectivity index (χ4n) is 2.48. The summed E-state index contributed by atoms with van der Waals surface area (Å²) in [6.45, 7) is 1.22. The first-order chi connectivity index (χ1) is 14.2. The first-order valence-electron chi connectivity index (χ1n) is 8.59. The van der Waals surface area contributed by atoms with E-state index in [-0.39, 0.29) is 16.9 Å². The lowest BCUT2D eigenvalue weighted by molar-refractivity contribution is -0.137. The van der Waals surface area contributed by atoms with Gasteiger partial charge in [0, 0.05) is 18.2 Å². The molecular formula is C19H16F3N5O2S. The van der Waals surface area contributed by atoms with Gasteiger partial charge in [0.25, 0.3) is 5.91 Å². The number of alkyl halides is 3. The Hall–Kier alpha value is -3.34. The van der Waals surface area contributed by atoms with Gasteiger partial charge in [-0.05, 0) is 35.9 Å². The topological polar surface area (TPSA) is 99.8 Å². The van der Waals surface area contributed by atoms with Gasteiger partial charge in [0.2, 0.25) is 5.91 Å². The van der Waals surface area contributed by atoms with Crippen molar-refractivity contribution in [3.8, 4) is 0 Å². The number of rotatable bonds is 6. The maximum Gasteiger partial charge on any atom is 0.416 e. The molecule has 3 N–H and O–H groups in total. The smallest absolute Gasteiger partial charge is 0.325 e. The summed E-state index contributed by atoms with van der Waals surface area (Å²) in [5, 5.41) is 12.0. The highest BCUT2D eigenvalue weighted by molar-refractivity contribution is 7.98. The summed E-state index contributed by atoms with van der Waals surface area (Å²) in [6, 6.07) is 9.32. The van der Waals surface area contributed by atoms with Crippen LogP contribution in [0.2, 0.25) is 0 Å². The number of H-pyrrole nitrogens is 1. The molecule has 0 saturated carbocycles. The maximum absolute atomic E-state index is 13.0. The van der Waals surface area contributed by atoms with Crippen molar-refractivity contribution in [1.82, 2.24) is 15.2 Å². The monoisotopic (exact) mass is 435 g/mol. The largest absolute Gasteiger partial charge is 0.416 e. The summed E-state index contributed by atoms with van der Waals surface area (Å²) in [6.07, 6.45) is -3.18. The highest BCUT2D eigenvalue weighted by atomic mass is 32.2. The van der Waals surface area contributed by atoms with Gasteiger partial charge >= 0.3 is 6.18 Å². The molecule has 3 aromatic rings. The summed E-state index contributed by atoms with van der Waals surface area (Å²) < 4.78 is 39.1. The van der Waals surface area contributed by atoms with Crippen molar-refractivity contribution in [2.45, 2.75) is 24.0 Å². The molecule has 156 valence electrons. The van der Waals surface area contributed by atoms with Crippen LogP contribution in [0.25, 0.3) is 0 Å². The van der Waals surface area contributed by atoms with Crippen LogP contribution in [0, 0.1) is 0 Å². The number of anilines is 2. The second-order valence-electron chi connectivity index (χ2n) is 6.17. The zero-order valence-electron chi connectivity index (χ0n) is 15.6. The van der Waals surface area contributed by atoms with Gasteiger partial charge in [0.15, 0.2) is 5.16 Å². The molecule has 2 amide bonds. The molecule has 0 spiro atoms. The Bertz CT molecular complexity index is 1040. The molecule has 7 nitrogen and oxygen atoms in total. The van der Waals surface area contributed by atoms with Crippen LogP contribution in [0.15, 0.2) is 53.9 Å². The lowest BCUT2D eigenvalue weighted by Gasteiger charge is -2.15. The molecule has 30 heavy (non-hydrogen) atoms. The molecule has 11 heteroatoms. The quantitative estimate of drug-likeness (QED) is 0.501. The predicted molar refractivity (Wildman–Crippen MR) is 106 cm³/mol. The second kappa shape index (κ2) is 8.99. The van der Waals surface area contributed by atoms with Gasteiger partial charge in [0.1, 0.15) is 6.33 Å². The van der Waals surface area contributed by atoms with Crippen LogP contribution in [0.5, 0.6) is 0 Å². The van der Waals surface area contributed by atoms with Crippen LogP contribution in [0.1, 0.15) is 28.4 Å². The van der Waals surface area contributed by atoms with Gasteiger partial charge in [-0.15, -0.1) is 0 Å². The average Bonchev–Trinajstić information content (AvgIpc) is 3.20. The standard InChI is InChI=1S/C19H16F3N5O2S/c1-11(28)25-15-7-6-14(19(20,21)22)8-16(15)26-17(29)13-4-2-12(3-5-13)9-30-18-23-10-24-27-18/h2-8,10H,9H2,1H3,(H,25,28)(H,26,29)(H,23,24,27). The van der Waals surface area contributed by atoms with E-state index in [1.54, 1.807) is 24.3 Å². The van der Waals surface area contributed by atoms with Crippen molar-refractivity contribution >= 4 is 35.0 Å². The number of aromatic amines is 1. The van der Waals surface area contributed by atoms with Crippen LogP contribution in [-0.2, 0) is 16.7 Å². The number of carbonyl (C=O) groups is 2. The van der Waals surface area contributed by atoms with E-state index in [9.17, 15) is 22.8 Å². The van der Waals surface area contributed by atoms with E-state index in [1.165, 1.54) is 25.0 Å². The lowest BCUT2D eigenvalue weighted by atomic mass is 10.1.